The van der Waals surface area contributed by atoms with Gasteiger partial charge in [0.2, 0.25) is 0 Å². The summed E-state index contributed by atoms with van der Waals surface area (Å²) in [6.07, 6.45) is 1.91. The Bertz CT molecular complexity index is 199. The number of hydrogen-bond acceptors (Lipinski definition) is 3. The Morgan fingerprint density at radius 1 is 1.67 bits per heavy atom. The highest BCUT2D eigenvalue weighted by Crippen LogP contribution is 2.27. The van der Waals surface area contributed by atoms with Crippen molar-refractivity contribution in [3.8, 4) is 0 Å². The quantitative estimate of drug-likeness (QED) is 0.564. The Kier molecular flexibility index (Phi) is 1.72. The zero-order valence-electron chi connectivity index (χ0n) is 7.30. The summed E-state index contributed by atoms with van der Waals surface area (Å²) in [5.74, 6) is 0. The van der Waals surface area contributed by atoms with Gasteiger partial charge in [0.25, 0.3) is 0 Å². The zero-order chi connectivity index (χ0) is 8.60. The van der Waals surface area contributed by atoms with Gasteiger partial charge in [0.05, 0.1) is 6.54 Å². The van der Waals surface area contributed by atoms with E-state index >= 15 is 0 Å². The van der Waals surface area contributed by atoms with E-state index in [-0.39, 0.29) is 11.7 Å². The molecule has 68 valence electrons. The molecule has 1 amide bonds. The molecule has 4 nitrogen and oxygen atoms in total. The van der Waals surface area contributed by atoms with Gasteiger partial charge in [-0.25, -0.2) is 4.79 Å². The standard InChI is InChI=1S/C8H14N2O2/c1-10-6-8(12-7(10)11)3-2-4-9-5-8/h9H,2-6H2,1H3. The van der Waals surface area contributed by atoms with Crippen LogP contribution in [0.2, 0.25) is 0 Å². The average Bonchev–Trinajstić information content (AvgIpc) is 2.29. The summed E-state index contributed by atoms with van der Waals surface area (Å²) in [4.78, 5) is 12.8. The molecule has 1 unspecified atom stereocenters. The first-order chi connectivity index (χ1) is 5.72. The van der Waals surface area contributed by atoms with Crippen molar-refractivity contribution in [2.24, 2.45) is 0 Å². The highest BCUT2D eigenvalue weighted by molar-refractivity contribution is 5.70. The Balaban J connectivity index is 2.07. The van der Waals surface area contributed by atoms with Crippen molar-refractivity contribution in [3.63, 3.8) is 0 Å². The van der Waals surface area contributed by atoms with Crippen molar-refractivity contribution in [1.82, 2.24) is 10.2 Å². The summed E-state index contributed by atoms with van der Waals surface area (Å²) in [6.45, 7) is 2.59. The van der Waals surface area contributed by atoms with E-state index in [1.165, 1.54) is 0 Å². The third-order valence-corrected chi connectivity index (χ3v) is 2.57. The number of likely N-dealkylation sites (N-methyl/N-ethyl adjacent to an activating group) is 1. The first-order valence-corrected chi connectivity index (χ1v) is 4.37. The Morgan fingerprint density at radius 3 is 3.00 bits per heavy atom. The minimum absolute atomic E-state index is 0.182. The van der Waals surface area contributed by atoms with E-state index in [0.717, 1.165) is 32.5 Å². The molecule has 4 heteroatoms. The normalized spacial score (nSPS) is 35.8. The van der Waals surface area contributed by atoms with Crippen molar-refractivity contribution < 1.29 is 9.53 Å². The summed E-state index contributed by atoms with van der Waals surface area (Å²) < 4.78 is 5.33. The molecule has 0 aliphatic carbocycles. The molecule has 2 aliphatic rings. The topological polar surface area (TPSA) is 41.6 Å². The van der Waals surface area contributed by atoms with Crippen LogP contribution in [0, 0.1) is 0 Å². The molecule has 0 aromatic carbocycles. The first kappa shape index (κ1) is 7.86. The number of piperidine rings is 1. The number of rotatable bonds is 0. The second kappa shape index (κ2) is 2.62. The lowest BCUT2D eigenvalue weighted by molar-refractivity contribution is 0.0366. The number of nitrogens with one attached hydrogen (secondary N) is 1. The molecule has 0 radical (unpaired) electrons. The molecule has 1 N–H and O–H groups in total. The molecule has 0 bridgehead atoms. The summed E-state index contributed by atoms with van der Waals surface area (Å²) in [6, 6.07) is 0. The van der Waals surface area contributed by atoms with Gasteiger partial charge in [-0.05, 0) is 19.4 Å². The molecule has 2 aliphatic heterocycles. The van der Waals surface area contributed by atoms with Gasteiger partial charge >= 0.3 is 6.09 Å². The second-order valence-corrected chi connectivity index (χ2v) is 3.69. The lowest BCUT2D eigenvalue weighted by Gasteiger charge is -2.31. The summed E-state index contributed by atoms with van der Waals surface area (Å²) in [7, 11) is 1.78. The van der Waals surface area contributed by atoms with E-state index < -0.39 is 0 Å². The fraction of sp³-hybridized carbons (Fsp3) is 0.875. The van der Waals surface area contributed by atoms with Gasteiger partial charge < -0.3 is 15.0 Å². The molecule has 1 spiro atoms. The monoisotopic (exact) mass is 170 g/mol. The average molecular weight is 170 g/mol. The van der Waals surface area contributed by atoms with Crippen LogP contribution in [-0.2, 0) is 4.74 Å². The van der Waals surface area contributed by atoms with E-state index in [1.54, 1.807) is 11.9 Å². The molecular weight excluding hydrogens is 156 g/mol. The molecule has 1 atom stereocenters. The van der Waals surface area contributed by atoms with Gasteiger partial charge in [-0.3, -0.25) is 0 Å². The van der Waals surface area contributed by atoms with Gasteiger partial charge in [-0.1, -0.05) is 0 Å². The number of carbonyl (C=O) groups is 1. The summed E-state index contributed by atoms with van der Waals surface area (Å²) >= 11 is 0. The van der Waals surface area contributed by atoms with Crippen LogP contribution in [0.1, 0.15) is 12.8 Å². The molecular formula is C8H14N2O2. The maximum atomic E-state index is 11.1. The van der Waals surface area contributed by atoms with Crippen molar-refractivity contribution in [1.29, 1.82) is 0 Å². The van der Waals surface area contributed by atoms with Gasteiger partial charge in [-0.15, -0.1) is 0 Å². The van der Waals surface area contributed by atoms with E-state index in [2.05, 4.69) is 5.32 Å². The van der Waals surface area contributed by atoms with Crippen molar-refractivity contribution in [2.75, 3.05) is 26.7 Å². The third kappa shape index (κ3) is 1.16. The highest BCUT2D eigenvalue weighted by Gasteiger charge is 2.44. The Labute approximate surface area is 71.9 Å². The molecule has 0 aromatic rings. The predicted octanol–water partition coefficient (Wildman–Crippen LogP) is 0.191. The van der Waals surface area contributed by atoms with E-state index in [0.29, 0.717) is 0 Å². The SMILES string of the molecule is CN1CC2(CCCNC2)OC1=O. The lowest BCUT2D eigenvalue weighted by Crippen LogP contribution is -2.48. The number of amides is 1. The van der Waals surface area contributed by atoms with Gasteiger partial charge in [-0.2, -0.15) is 0 Å². The van der Waals surface area contributed by atoms with Crippen molar-refractivity contribution in [3.05, 3.63) is 0 Å². The maximum Gasteiger partial charge on any atom is 0.410 e. The van der Waals surface area contributed by atoms with Crippen molar-refractivity contribution >= 4 is 6.09 Å². The first-order valence-electron chi connectivity index (χ1n) is 4.37. The minimum atomic E-state index is -0.218. The molecule has 2 fully saturated rings. The molecule has 2 saturated heterocycles. The largest absolute Gasteiger partial charge is 0.440 e. The summed E-state index contributed by atoms with van der Waals surface area (Å²) in [5, 5.41) is 3.25. The molecule has 12 heavy (non-hydrogen) atoms. The number of nitrogens with zero attached hydrogens (tertiary/aromatic N) is 1. The smallest absolute Gasteiger partial charge is 0.410 e. The number of carbonyl (C=O) groups excluding carboxylic acids is 1. The van der Waals surface area contributed by atoms with Crippen LogP contribution in [0.15, 0.2) is 0 Å². The minimum Gasteiger partial charge on any atom is -0.440 e. The van der Waals surface area contributed by atoms with E-state index in [1.807, 2.05) is 0 Å². The van der Waals surface area contributed by atoms with Crippen LogP contribution < -0.4 is 5.32 Å². The van der Waals surface area contributed by atoms with Crippen LogP contribution in [0.25, 0.3) is 0 Å². The lowest BCUT2D eigenvalue weighted by atomic mass is 9.94. The summed E-state index contributed by atoms with van der Waals surface area (Å²) in [5.41, 5.74) is -0.218. The van der Waals surface area contributed by atoms with E-state index in [9.17, 15) is 4.79 Å². The second-order valence-electron chi connectivity index (χ2n) is 3.69. The molecule has 2 rings (SSSR count). The van der Waals surface area contributed by atoms with Crippen LogP contribution in [-0.4, -0.2) is 43.3 Å². The van der Waals surface area contributed by atoms with Gasteiger partial charge in [0.1, 0.15) is 5.60 Å². The third-order valence-electron chi connectivity index (χ3n) is 2.57. The predicted molar refractivity (Wildman–Crippen MR) is 43.9 cm³/mol. The Morgan fingerprint density at radius 2 is 2.50 bits per heavy atom. The molecule has 0 aromatic heterocycles. The number of hydrogen-bond donors (Lipinski definition) is 1. The fourth-order valence-corrected chi connectivity index (χ4v) is 1.95. The van der Waals surface area contributed by atoms with Crippen LogP contribution >= 0.6 is 0 Å². The molecule has 0 saturated carbocycles. The van der Waals surface area contributed by atoms with Gasteiger partial charge in [0, 0.05) is 13.6 Å². The number of ether oxygens (including phenoxy) is 1. The van der Waals surface area contributed by atoms with Gasteiger partial charge in [0.15, 0.2) is 0 Å². The van der Waals surface area contributed by atoms with E-state index in [4.69, 9.17) is 4.74 Å². The Hall–Kier alpha value is -0.770. The van der Waals surface area contributed by atoms with Crippen LogP contribution in [0.5, 0.6) is 0 Å². The van der Waals surface area contributed by atoms with Crippen molar-refractivity contribution in [2.45, 2.75) is 18.4 Å². The molecule has 2 heterocycles. The fourth-order valence-electron chi connectivity index (χ4n) is 1.95. The van der Waals surface area contributed by atoms with Crippen LogP contribution in [0.4, 0.5) is 4.79 Å². The zero-order valence-corrected chi connectivity index (χ0v) is 7.30. The maximum absolute atomic E-state index is 11.1. The highest BCUT2D eigenvalue weighted by atomic mass is 16.6. The van der Waals surface area contributed by atoms with Crippen LogP contribution in [0.3, 0.4) is 0 Å².